The molecule has 6 nitrogen and oxygen atoms in total. The highest BCUT2D eigenvalue weighted by Gasteiger charge is 2.23. The van der Waals surface area contributed by atoms with Gasteiger partial charge in [0, 0.05) is 34.8 Å². The summed E-state index contributed by atoms with van der Waals surface area (Å²) in [5, 5.41) is 7.87. The first-order chi connectivity index (χ1) is 30.7. The molecule has 0 saturated heterocycles. The molecule has 4 aromatic rings. The van der Waals surface area contributed by atoms with Crippen LogP contribution in [-0.2, 0) is 6.54 Å². The zero-order valence-corrected chi connectivity index (χ0v) is 39.8. The average molecular weight is 1030 g/mol. The molecule has 13 heteroatoms. The first-order valence-electron chi connectivity index (χ1n) is 22.1. The van der Waals surface area contributed by atoms with Crippen molar-refractivity contribution in [2.75, 3.05) is 0 Å². The molecular weight excluding hydrogens is 976 g/mol. The highest BCUT2D eigenvalue weighted by molar-refractivity contribution is 9.10. The smallest absolute Gasteiger partial charge is 0.255 e. The average Bonchev–Trinajstić information content (AvgIpc) is 3.27. The van der Waals surface area contributed by atoms with E-state index >= 15 is 0 Å². The molecule has 2 N–H and O–H groups in total. The van der Waals surface area contributed by atoms with Gasteiger partial charge in [0.15, 0.2) is 17.3 Å². The minimum absolute atomic E-state index is 0.0538. The number of nitrogens with zero attached hydrogens (tertiary/aromatic N) is 1. The van der Waals surface area contributed by atoms with Crippen LogP contribution in [0.15, 0.2) is 81.7 Å². The summed E-state index contributed by atoms with van der Waals surface area (Å²) >= 11 is 11.3. The van der Waals surface area contributed by atoms with E-state index in [9.17, 15) is 36.7 Å². The second-order valence-corrected chi connectivity index (χ2v) is 18.9. The molecule has 0 heterocycles. The maximum absolute atomic E-state index is 13.8. The summed E-state index contributed by atoms with van der Waals surface area (Å²) in [5.41, 5.74) is 6.90. The summed E-state index contributed by atoms with van der Waals surface area (Å²) in [6.45, 7) is 0.300. The fraction of sp³-hybridized carbons (Fsp3) is 0.431. The molecule has 0 spiro atoms. The Bertz CT molecular complexity index is 2250. The Kier molecular flexibility index (Phi) is 22.6. The van der Waals surface area contributed by atoms with Crippen molar-refractivity contribution in [1.29, 1.82) is 5.26 Å². The molecule has 64 heavy (non-hydrogen) atoms. The number of Topliss-reactive ketones (excluding diaryl/α,β-unsaturated/α-hetero) is 3. The number of hydrogen-bond donors (Lipinski definition) is 1. The first-order valence-corrected chi connectivity index (χ1v) is 24.0. The van der Waals surface area contributed by atoms with E-state index in [1.807, 2.05) is 6.07 Å². The number of benzene rings is 4. The maximum Gasteiger partial charge on any atom is 0.255 e. The molecule has 0 atom stereocenters. The molecule has 342 valence electrons. The van der Waals surface area contributed by atoms with Crippen LogP contribution in [0.1, 0.15) is 168 Å². The van der Waals surface area contributed by atoms with Gasteiger partial charge in [-0.3, -0.25) is 19.2 Å². The molecule has 0 bridgehead atoms. The molecule has 0 aromatic heterocycles. The lowest BCUT2D eigenvalue weighted by atomic mass is 9.84. The topological polar surface area (TPSA) is 118 Å². The zero-order valence-electron chi connectivity index (χ0n) is 35.9. The number of hydrogen-bond acceptors (Lipinski definition) is 6. The predicted octanol–water partition coefficient (Wildman–Crippen LogP) is 15.0. The second-order valence-electron chi connectivity index (χ2n) is 16.7. The van der Waals surface area contributed by atoms with Crippen molar-refractivity contribution >= 4 is 66.1 Å². The normalized spacial score (nSPS) is 15.5. The van der Waals surface area contributed by atoms with Crippen LogP contribution in [0.25, 0.3) is 0 Å². The summed E-state index contributed by atoms with van der Waals surface area (Å²) < 4.78 is 55.1. The Morgan fingerprint density at radius 3 is 1.20 bits per heavy atom. The van der Waals surface area contributed by atoms with Crippen molar-refractivity contribution in [2.45, 2.75) is 122 Å². The van der Waals surface area contributed by atoms with Gasteiger partial charge in [-0.1, -0.05) is 134 Å². The van der Waals surface area contributed by atoms with E-state index in [4.69, 9.17) is 22.6 Å². The fourth-order valence-corrected chi connectivity index (χ4v) is 9.20. The van der Waals surface area contributed by atoms with E-state index in [2.05, 4.69) is 31.9 Å². The lowest BCUT2D eigenvalue weighted by molar-refractivity contribution is 0.0937. The number of ketones is 3. The van der Waals surface area contributed by atoms with Gasteiger partial charge in [-0.2, -0.15) is 5.26 Å². The molecule has 0 unspecified atom stereocenters. The lowest BCUT2D eigenvalue weighted by Crippen LogP contribution is -2.13. The van der Waals surface area contributed by atoms with Crippen molar-refractivity contribution < 1.29 is 36.7 Å². The Morgan fingerprint density at radius 2 is 0.875 bits per heavy atom. The van der Waals surface area contributed by atoms with E-state index in [1.165, 1.54) is 94.2 Å². The Labute approximate surface area is 396 Å². The van der Waals surface area contributed by atoms with Crippen molar-refractivity contribution in [3.05, 3.63) is 138 Å². The van der Waals surface area contributed by atoms with Crippen LogP contribution in [0.3, 0.4) is 0 Å². The molecule has 0 amide bonds. The van der Waals surface area contributed by atoms with Crippen LogP contribution in [0.4, 0.5) is 17.6 Å². The van der Waals surface area contributed by atoms with Crippen LogP contribution < -0.4 is 5.73 Å². The Hall–Kier alpha value is -4.02. The van der Waals surface area contributed by atoms with Gasteiger partial charge in [-0.25, -0.2) is 17.6 Å². The molecule has 4 aromatic carbocycles. The van der Waals surface area contributed by atoms with Crippen LogP contribution in [0.2, 0.25) is 0 Å². The van der Waals surface area contributed by atoms with E-state index in [-0.39, 0.29) is 45.2 Å². The van der Waals surface area contributed by atoms with Crippen molar-refractivity contribution in [3.63, 3.8) is 0 Å². The zero-order chi connectivity index (χ0) is 46.6. The number of rotatable bonds is 11. The number of halogens is 7. The van der Waals surface area contributed by atoms with Crippen LogP contribution in [-0.4, -0.2) is 22.6 Å². The Balaban J connectivity index is 0.000000190. The number of carbonyl (C=O) groups is 4. The minimum atomic E-state index is -0.782. The van der Waals surface area contributed by atoms with Gasteiger partial charge in [0.25, 0.3) is 5.24 Å². The minimum Gasteiger partial charge on any atom is -0.326 e. The first kappa shape index (κ1) is 52.6. The molecule has 0 radical (unpaired) electrons. The molecule has 3 aliphatic rings. The maximum atomic E-state index is 13.8. The van der Waals surface area contributed by atoms with Gasteiger partial charge in [-0.05, 0) is 102 Å². The third-order valence-corrected chi connectivity index (χ3v) is 13.1. The van der Waals surface area contributed by atoms with E-state index in [0.717, 1.165) is 50.2 Å². The van der Waals surface area contributed by atoms with E-state index in [1.54, 1.807) is 30.3 Å². The van der Waals surface area contributed by atoms with Crippen LogP contribution in [0.5, 0.6) is 0 Å². The van der Waals surface area contributed by atoms with E-state index < -0.39 is 28.5 Å². The number of carbonyl (C=O) groups excluding carboxylic acids is 4. The standard InChI is InChI=1S/C15H20FNO.C15H16FNO.C14H16BrFO.C7H3BrClFO/c2*16-14-8-12(10-17)6-7-13(14)15(18)9-11-4-2-1-3-5-11;15-11-6-7-12(13(16)9-11)14(17)8-10-4-2-1-3-5-10;8-4-1-2-5(7(9)11)6(10)3-4/h6-8,11H,1-5,9-10,17H2;6-8,11H,1-5,9H2;6-7,9-10H,1-5,8H2;1-3H. The SMILES string of the molecule is N#Cc1ccc(C(=O)CC2CCCCC2)c(F)c1.NCc1ccc(C(=O)CC2CCCCC2)c(F)c1.O=C(CC1CCCCC1)c1ccc(Br)cc1F.O=C(Cl)c1ccc(Br)cc1F. The van der Waals surface area contributed by atoms with Gasteiger partial charge in [0.2, 0.25) is 0 Å². The highest BCUT2D eigenvalue weighted by atomic mass is 79.9. The van der Waals surface area contributed by atoms with Crippen molar-refractivity contribution in [1.82, 2.24) is 0 Å². The third kappa shape index (κ3) is 17.4. The summed E-state index contributed by atoms with van der Waals surface area (Å²) in [6, 6.07) is 19.3. The fourth-order valence-electron chi connectivity index (χ4n) is 8.38. The summed E-state index contributed by atoms with van der Waals surface area (Å²) in [5.74, 6) is -0.984. The van der Waals surface area contributed by atoms with Gasteiger partial charge in [-0.15, -0.1) is 0 Å². The monoisotopic (exact) mass is 1030 g/mol. The van der Waals surface area contributed by atoms with Gasteiger partial charge in [0.1, 0.15) is 23.3 Å². The predicted molar refractivity (Wildman–Crippen MR) is 250 cm³/mol. The van der Waals surface area contributed by atoms with Crippen molar-refractivity contribution in [2.24, 2.45) is 23.5 Å². The quantitative estimate of drug-likeness (QED) is 0.0908. The molecule has 0 aliphatic heterocycles. The highest BCUT2D eigenvalue weighted by Crippen LogP contribution is 2.31. The number of nitriles is 1. The number of nitrogens with two attached hydrogens (primary N) is 1. The van der Waals surface area contributed by atoms with Crippen LogP contribution >= 0.6 is 43.5 Å². The molecule has 7 rings (SSSR count). The van der Waals surface area contributed by atoms with Gasteiger partial charge in [0.05, 0.1) is 33.9 Å². The van der Waals surface area contributed by atoms with E-state index in [0.29, 0.717) is 52.5 Å². The molecule has 3 fully saturated rings. The molecule has 3 saturated carbocycles. The summed E-state index contributed by atoms with van der Waals surface area (Å²) in [4.78, 5) is 46.5. The van der Waals surface area contributed by atoms with Gasteiger partial charge < -0.3 is 5.73 Å². The Morgan fingerprint density at radius 1 is 0.531 bits per heavy atom. The third-order valence-electron chi connectivity index (χ3n) is 11.9. The second kappa shape index (κ2) is 27.5. The van der Waals surface area contributed by atoms with Crippen LogP contribution in [0, 0.1) is 52.4 Å². The summed E-state index contributed by atoms with van der Waals surface area (Å²) in [6.07, 6.45) is 19.0. The summed E-state index contributed by atoms with van der Waals surface area (Å²) in [7, 11) is 0. The van der Waals surface area contributed by atoms with Gasteiger partial charge >= 0.3 is 0 Å². The molecule has 3 aliphatic carbocycles. The lowest BCUT2D eigenvalue weighted by Gasteiger charge is -2.20. The van der Waals surface area contributed by atoms with Crippen molar-refractivity contribution in [3.8, 4) is 6.07 Å². The largest absolute Gasteiger partial charge is 0.326 e. The molecular formula is C51H55Br2ClF4N2O4.